The van der Waals surface area contributed by atoms with Gasteiger partial charge in [0.2, 0.25) is 5.91 Å². The number of piperidine rings is 1. The van der Waals surface area contributed by atoms with Crippen LogP contribution in [0.2, 0.25) is 0 Å². The number of benzene rings is 3. The van der Waals surface area contributed by atoms with Crippen LogP contribution in [0.25, 0.3) is 22.2 Å². The standard InChI is InChI=1S/C29H28N4O2/c1-35-21-7-9-25-23(15-21)29(28(34)31-25)16-24(29)20-6-8-22-26(14-20)32-33-27(22)19-4-2-17(3-5-19)18-10-12-30-13-11-18/h2-9,14-15,18,24,30H,10-13,16H2,1H3,(H,31,34)(H,32,33). The second-order valence-electron chi connectivity index (χ2n) is 10.1. The first-order valence-corrected chi connectivity index (χ1v) is 12.5. The third kappa shape index (κ3) is 3.13. The highest BCUT2D eigenvalue weighted by molar-refractivity contribution is 6.10. The lowest BCUT2D eigenvalue weighted by Gasteiger charge is -2.23. The number of anilines is 1. The number of nitrogens with zero attached hydrogens (tertiary/aromatic N) is 1. The Hall–Kier alpha value is -3.64. The summed E-state index contributed by atoms with van der Waals surface area (Å²) in [5.74, 6) is 1.67. The van der Waals surface area contributed by atoms with Gasteiger partial charge >= 0.3 is 0 Å². The molecule has 3 aromatic carbocycles. The van der Waals surface area contributed by atoms with E-state index >= 15 is 0 Å². The van der Waals surface area contributed by atoms with Crippen LogP contribution in [-0.4, -0.2) is 36.3 Å². The number of hydrogen-bond donors (Lipinski definition) is 3. The van der Waals surface area contributed by atoms with E-state index < -0.39 is 5.41 Å². The van der Waals surface area contributed by atoms with E-state index in [-0.39, 0.29) is 11.8 Å². The number of carbonyl (C=O) groups excluding carboxylic acids is 1. The van der Waals surface area contributed by atoms with Crippen molar-refractivity contribution in [2.24, 2.45) is 0 Å². The van der Waals surface area contributed by atoms with Gasteiger partial charge in [-0.2, -0.15) is 5.10 Å². The number of H-pyrrole nitrogens is 1. The zero-order chi connectivity index (χ0) is 23.6. The number of aromatic amines is 1. The molecule has 1 aliphatic carbocycles. The summed E-state index contributed by atoms with van der Waals surface area (Å²) in [7, 11) is 1.66. The Morgan fingerprint density at radius 2 is 1.77 bits per heavy atom. The van der Waals surface area contributed by atoms with Gasteiger partial charge in [0, 0.05) is 22.6 Å². The van der Waals surface area contributed by atoms with Crippen molar-refractivity contribution in [2.45, 2.75) is 36.5 Å². The average molecular weight is 465 g/mol. The summed E-state index contributed by atoms with van der Waals surface area (Å²) in [6, 6.07) is 21.2. The Morgan fingerprint density at radius 1 is 0.971 bits per heavy atom. The number of ether oxygens (including phenoxy) is 1. The molecule has 1 amide bonds. The molecule has 6 nitrogen and oxygen atoms in total. The van der Waals surface area contributed by atoms with Gasteiger partial charge in [0.05, 0.1) is 23.7 Å². The van der Waals surface area contributed by atoms with Crippen LogP contribution in [0, 0.1) is 0 Å². The lowest BCUT2D eigenvalue weighted by molar-refractivity contribution is -0.118. The van der Waals surface area contributed by atoms with Crippen molar-refractivity contribution in [2.75, 3.05) is 25.5 Å². The van der Waals surface area contributed by atoms with Gasteiger partial charge in [0.1, 0.15) is 5.75 Å². The van der Waals surface area contributed by atoms with Gasteiger partial charge in [-0.25, -0.2) is 0 Å². The smallest absolute Gasteiger partial charge is 0.235 e. The molecule has 2 unspecified atom stereocenters. The SMILES string of the molecule is COc1ccc2c(c1)C1(CC1c1ccc3c(-c4ccc(C5CCNCC5)cc4)n[nH]c3c1)C(=O)N2. The zero-order valence-electron chi connectivity index (χ0n) is 19.7. The fourth-order valence-electron chi connectivity index (χ4n) is 6.24. The average Bonchev–Trinajstić information content (AvgIpc) is 3.44. The third-order valence-corrected chi connectivity index (χ3v) is 8.31. The fraction of sp³-hybridized carbons (Fsp3) is 0.310. The van der Waals surface area contributed by atoms with Crippen molar-refractivity contribution in [1.29, 1.82) is 0 Å². The van der Waals surface area contributed by atoms with E-state index in [4.69, 9.17) is 4.74 Å². The van der Waals surface area contributed by atoms with Crippen LogP contribution in [-0.2, 0) is 10.2 Å². The maximum atomic E-state index is 13.0. The first kappa shape index (κ1) is 20.7. The highest BCUT2D eigenvalue weighted by Gasteiger charge is 2.65. The summed E-state index contributed by atoms with van der Waals surface area (Å²) in [5.41, 5.74) is 7.14. The van der Waals surface area contributed by atoms with Crippen molar-refractivity contribution in [1.82, 2.24) is 15.5 Å². The lowest BCUT2D eigenvalue weighted by atomic mass is 9.89. The largest absolute Gasteiger partial charge is 0.497 e. The van der Waals surface area contributed by atoms with Gasteiger partial charge < -0.3 is 15.4 Å². The van der Waals surface area contributed by atoms with Crippen LogP contribution in [0.1, 0.15) is 47.8 Å². The highest BCUT2D eigenvalue weighted by atomic mass is 16.5. The number of nitrogens with one attached hydrogen (secondary N) is 3. The number of amides is 1. The van der Waals surface area contributed by atoms with Gasteiger partial charge in [-0.1, -0.05) is 36.4 Å². The van der Waals surface area contributed by atoms with E-state index in [0.29, 0.717) is 5.92 Å². The fourth-order valence-corrected chi connectivity index (χ4v) is 6.24. The second kappa shape index (κ2) is 7.68. The normalized spacial score (nSPS) is 23.5. The quantitative estimate of drug-likeness (QED) is 0.393. The lowest BCUT2D eigenvalue weighted by Crippen LogP contribution is -2.26. The maximum absolute atomic E-state index is 13.0. The van der Waals surface area contributed by atoms with Crippen molar-refractivity contribution in [3.63, 3.8) is 0 Å². The van der Waals surface area contributed by atoms with Crippen molar-refractivity contribution >= 4 is 22.5 Å². The molecule has 1 spiro atoms. The predicted octanol–water partition coefficient (Wildman–Crippen LogP) is 5.08. The molecule has 1 aromatic heterocycles. The molecular formula is C29H28N4O2. The Kier molecular flexibility index (Phi) is 4.55. The molecule has 176 valence electrons. The summed E-state index contributed by atoms with van der Waals surface area (Å²) < 4.78 is 5.43. The summed E-state index contributed by atoms with van der Waals surface area (Å²) >= 11 is 0. The molecule has 0 radical (unpaired) electrons. The number of methoxy groups -OCH3 is 1. The Morgan fingerprint density at radius 3 is 2.57 bits per heavy atom. The summed E-state index contributed by atoms with van der Waals surface area (Å²) in [5, 5.41) is 15.5. The summed E-state index contributed by atoms with van der Waals surface area (Å²) in [6.07, 6.45) is 3.21. The molecule has 1 saturated carbocycles. The van der Waals surface area contributed by atoms with Gasteiger partial charge in [-0.3, -0.25) is 9.89 Å². The number of carbonyl (C=O) groups is 1. The van der Waals surface area contributed by atoms with E-state index in [2.05, 4.69) is 63.3 Å². The van der Waals surface area contributed by atoms with Gasteiger partial charge in [0.25, 0.3) is 0 Å². The highest BCUT2D eigenvalue weighted by Crippen LogP contribution is 2.65. The molecule has 3 aliphatic rings. The molecule has 2 fully saturated rings. The Balaban J connectivity index is 1.18. The molecule has 2 atom stereocenters. The molecule has 2 aliphatic heterocycles. The number of aromatic nitrogens is 2. The molecule has 4 aromatic rings. The van der Waals surface area contributed by atoms with Crippen molar-refractivity contribution in [3.05, 3.63) is 77.4 Å². The summed E-state index contributed by atoms with van der Waals surface area (Å²) in [6.45, 7) is 2.20. The molecule has 1 saturated heterocycles. The van der Waals surface area contributed by atoms with Crippen LogP contribution in [0.15, 0.2) is 60.7 Å². The molecule has 7 rings (SSSR count). The van der Waals surface area contributed by atoms with Crippen LogP contribution in [0.4, 0.5) is 5.69 Å². The number of fused-ring (bicyclic) bond motifs is 3. The van der Waals surface area contributed by atoms with E-state index in [0.717, 1.165) is 58.7 Å². The Bertz CT molecular complexity index is 1450. The van der Waals surface area contributed by atoms with Crippen LogP contribution >= 0.6 is 0 Å². The number of hydrogen-bond acceptors (Lipinski definition) is 4. The van der Waals surface area contributed by atoms with Crippen molar-refractivity contribution in [3.8, 4) is 17.0 Å². The molecule has 3 N–H and O–H groups in total. The third-order valence-electron chi connectivity index (χ3n) is 8.31. The topological polar surface area (TPSA) is 79.0 Å². The monoisotopic (exact) mass is 464 g/mol. The van der Waals surface area contributed by atoms with E-state index in [1.54, 1.807) is 7.11 Å². The zero-order valence-corrected chi connectivity index (χ0v) is 19.7. The van der Waals surface area contributed by atoms with Gasteiger partial charge in [0.15, 0.2) is 0 Å². The van der Waals surface area contributed by atoms with Crippen LogP contribution in [0.3, 0.4) is 0 Å². The van der Waals surface area contributed by atoms with Crippen LogP contribution in [0.5, 0.6) is 5.75 Å². The minimum absolute atomic E-state index is 0.0880. The van der Waals surface area contributed by atoms with Gasteiger partial charge in [-0.15, -0.1) is 0 Å². The predicted molar refractivity (Wildman–Crippen MR) is 137 cm³/mol. The van der Waals surface area contributed by atoms with Crippen molar-refractivity contribution < 1.29 is 9.53 Å². The van der Waals surface area contributed by atoms with E-state index in [1.807, 2.05) is 18.2 Å². The number of rotatable bonds is 4. The Labute approximate surface area is 204 Å². The molecule has 3 heterocycles. The summed E-state index contributed by atoms with van der Waals surface area (Å²) in [4.78, 5) is 13.0. The van der Waals surface area contributed by atoms with Gasteiger partial charge in [-0.05, 0) is 79.2 Å². The van der Waals surface area contributed by atoms with Crippen LogP contribution < -0.4 is 15.4 Å². The first-order chi connectivity index (χ1) is 17.2. The minimum atomic E-state index is -0.495. The van der Waals surface area contributed by atoms with E-state index in [1.165, 1.54) is 24.0 Å². The second-order valence-corrected chi connectivity index (χ2v) is 10.1. The molecular weight excluding hydrogens is 436 g/mol. The molecule has 0 bridgehead atoms. The minimum Gasteiger partial charge on any atom is -0.497 e. The maximum Gasteiger partial charge on any atom is 0.235 e. The first-order valence-electron chi connectivity index (χ1n) is 12.5. The van der Waals surface area contributed by atoms with E-state index in [9.17, 15) is 4.79 Å². The molecule has 6 heteroatoms. The molecule has 35 heavy (non-hydrogen) atoms.